The highest BCUT2D eigenvalue weighted by Gasteiger charge is 2.42. The predicted molar refractivity (Wildman–Crippen MR) is 129 cm³/mol. The van der Waals surface area contributed by atoms with Gasteiger partial charge in [-0.25, -0.2) is 9.97 Å². The molecule has 29 heavy (non-hydrogen) atoms. The number of aromatic nitrogens is 2. The zero-order valence-electron chi connectivity index (χ0n) is 18.1. The molecule has 0 radical (unpaired) electrons. The third-order valence-corrected chi connectivity index (χ3v) is 12.7. The summed E-state index contributed by atoms with van der Waals surface area (Å²) in [5, 5.41) is 3.90. The van der Waals surface area contributed by atoms with E-state index in [4.69, 9.17) is 9.97 Å². The molecule has 5 rings (SSSR count). The monoisotopic (exact) mass is 416 g/mol. The van der Waals surface area contributed by atoms with Crippen molar-refractivity contribution < 1.29 is 0 Å². The number of benzene rings is 2. The van der Waals surface area contributed by atoms with Crippen LogP contribution in [0, 0.1) is 5.92 Å². The van der Waals surface area contributed by atoms with E-state index in [1.165, 1.54) is 38.9 Å². The van der Waals surface area contributed by atoms with Crippen LogP contribution < -0.4 is 4.50 Å². The van der Waals surface area contributed by atoms with Crippen LogP contribution in [0.2, 0.25) is 19.1 Å². The zero-order chi connectivity index (χ0) is 20.6. The van der Waals surface area contributed by atoms with Gasteiger partial charge in [-0.15, -0.1) is 11.3 Å². The molecule has 0 fully saturated rings. The van der Waals surface area contributed by atoms with E-state index in [1.54, 1.807) is 10.8 Å². The highest BCUT2D eigenvalue weighted by molar-refractivity contribution is 7.31. The maximum atomic E-state index is 4.82. The normalized spacial score (nSPS) is 15.3. The predicted octanol–water partition coefficient (Wildman–Crippen LogP) is 6.72. The van der Waals surface area contributed by atoms with Gasteiger partial charge in [0.15, 0.2) is 0 Å². The average Bonchev–Trinajstić information content (AvgIpc) is 3.07. The topological polar surface area (TPSA) is 25.8 Å². The van der Waals surface area contributed by atoms with E-state index < -0.39 is 8.07 Å². The molecule has 0 bridgehead atoms. The molecule has 0 atom stereocenters. The van der Waals surface area contributed by atoms with Gasteiger partial charge in [-0.05, 0) is 44.5 Å². The molecule has 2 aromatic heterocycles. The van der Waals surface area contributed by atoms with Gasteiger partial charge in [-0.3, -0.25) is 0 Å². The first-order valence-corrected chi connectivity index (χ1v) is 14.5. The SMILES string of the molecule is CC(C)C[Si](C)(C)c1sc2ncnc3c2c1C(C)(C)c1cc2ccccc2cc1-3. The fourth-order valence-electron chi connectivity index (χ4n) is 5.41. The molecule has 4 aromatic rings. The quantitative estimate of drug-likeness (QED) is 0.346. The Bertz CT molecular complexity index is 1270. The van der Waals surface area contributed by atoms with Crippen LogP contribution in [0.3, 0.4) is 0 Å². The lowest BCUT2D eigenvalue weighted by Gasteiger charge is -2.36. The molecule has 0 saturated heterocycles. The van der Waals surface area contributed by atoms with Gasteiger partial charge in [0.1, 0.15) is 11.2 Å². The van der Waals surface area contributed by atoms with Crippen molar-refractivity contribution in [2.24, 2.45) is 5.92 Å². The van der Waals surface area contributed by atoms with Crippen LogP contribution >= 0.6 is 11.3 Å². The maximum Gasteiger partial charge on any atom is 0.127 e. The van der Waals surface area contributed by atoms with E-state index in [9.17, 15) is 0 Å². The molecule has 0 unspecified atom stereocenters. The van der Waals surface area contributed by atoms with Gasteiger partial charge in [-0.2, -0.15) is 0 Å². The van der Waals surface area contributed by atoms with Gasteiger partial charge >= 0.3 is 0 Å². The number of rotatable bonds is 3. The van der Waals surface area contributed by atoms with Gasteiger partial charge < -0.3 is 0 Å². The van der Waals surface area contributed by atoms with Crippen molar-refractivity contribution in [3.63, 3.8) is 0 Å². The molecule has 2 nitrogen and oxygen atoms in total. The molecule has 0 aliphatic heterocycles. The van der Waals surface area contributed by atoms with E-state index in [1.807, 2.05) is 11.3 Å². The highest BCUT2D eigenvalue weighted by atomic mass is 32.1. The van der Waals surface area contributed by atoms with E-state index in [2.05, 4.69) is 77.2 Å². The molecule has 2 heterocycles. The van der Waals surface area contributed by atoms with E-state index in [0.717, 1.165) is 10.5 Å². The number of nitrogens with zero attached hydrogens (tertiary/aromatic N) is 2. The van der Waals surface area contributed by atoms with Gasteiger partial charge in [0.25, 0.3) is 0 Å². The van der Waals surface area contributed by atoms with Crippen LogP contribution in [-0.2, 0) is 5.41 Å². The summed E-state index contributed by atoms with van der Waals surface area (Å²) in [6.45, 7) is 14.6. The summed E-state index contributed by atoms with van der Waals surface area (Å²) in [4.78, 5) is 10.7. The van der Waals surface area contributed by atoms with E-state index in [-0.39, 0.29) is 5.41 Å². The second kappa shape index (κ2) is 6.23. The van der Waals surface area contributed by atoms with Crippen molar-refractivity contribution in [3.05, 3.63) is 53.9 Å². The van der Waals surface area contributed by atoms with Crippen LogP contribution in [0.1, 0.15) is 38.8 Å². The summed E-state index contributed by atoms with van der Waals surface area (Å²) in [6.07, 6.45) is 1.76. The van der Waals surface area contributed by atoms with E-state index >= 15 is 0 Å². The summed E-state index contributed by atoms with van der Waals surface area (Å²) in [5.74, 6) is 0.711. The lowest BCUT2D eigenvalue weighted by molar-refractivity contribution is 0.649. The molecule has 4 heteroatoms. The Morgan fingerprint density at radius 1 is 1.03 bits per heavy atom. The molecular weight excluding hydrogens is 388 g/mol. The fourth-order valence-corrected chi connectivity index (χ4v) is 11.5. The summed E-state index contributed by atoms with van der Waals surface area (Å²) in [7, 11) is -1.59. The Kier molecular flexibility index (Phi) is 4.07. The van der Waals surface area contributed by atoms with Crippen LogP contribution in [0.5, 0.6) is 0 Å². The molecular formula is C25H28N2SSi. The number of fused-ring (bicyclic) bond motifs is 3. The van der Waals surface area contributed by atoms with Crippen molar-refractivity contribution in [2.45, 2.75) is 52.2 Å². The lowest BCUT2D eigenvalue weighted by Crippen LogP contribution is -2.45. The van der Waals surface area contributed by atoms with Gasteiger partial charge in [-0.1, -0.05) is 71.1 Å². The molecule has 0 saturated carbocycles. The third kappa shape index (κ3) is 2.72. The first-order valence-electron chi connectivity index (χ1n) is 10.5. The Hall–Kier alpha value is -2.04. The Balaban J connectivity index is 1.89. The number of thiophene rings is 1. The molecule has 1 aliphatic carbocycles. The second-order valence-electron chi connectivity index (χ2n) is 10.1. The van der Waals surface area contributed by atoms with Crippen LogP contribution in [0.25, 0.3) is 32.2 Å². The van der Waals surface area contributed by atoms with Crippen molar-refractivity contribution in [3.8, 4) is 11.3 Å². The lowest BCUT2D eigenvalue weighted by atomic mass is 9.71. The van der Waals surface area contributed by atoms with E-state index in [0.29, 0.717) is 5.92 Å². The number of hydrogen-bond donors (Lipinski definition) is 0. The van der Waals surface area contributed by atoms with Gasteiger partial charge in [0, 0.05) is 16.4 Å². The standard InChI is InChI=1S/C25H28N2SSi/c1-15(2)13-29(5,6)24-21-20-22(26-14-27-23(20)28-24)18-11-16-9-7-8-10-17(16)12-19(18)25(21,3)4/h7-12,14-15H,13H2,1-6H3. The minimum atomic E-state index is -1.59. The molecule has 2 aromatic carbocycles. The first kappa shape index (κ1) is 19.0. The third-order valence-electron chi connectivity index (χ3n) is 6.46. The Morgan fingerprint density at radius 2 is 1.72 bits per heavy atom. The van der Waals surface area contributed by atoms with Gasteiger partial charge in [0.2, 0.25) is 0 Å². The molecule has 1 aliphatic rings. The summed E-state index contributed by atoms with van der Waals surface area (Å²) in [5.41, 5.74) is 5.26. The maximum absolute atomic E-state index is 4.82. The van der Waals surface area contributed by atoms with Crippen LogP contribution in [0.4, 0.5) is 0 Å². The summed E-state index contributed by atoms with van der Waals surface area (Å²) in [6, 6.07) is 14.7. The minimum absolute atomic E-state index is 0.0497. The average molecular weight is 417 g/mol. The van der Waals surface area contributed by atoms with Crippen molar-refractivity contribution >= 4 is 44.9 Å². The largest absolute Gasteiger partial charge is 0.236 e. The molecule has 0 amide bonds. The number of hydrogen-bond acceptors (Lipinski definition) is 3. The van der Waals surface area contributed by atoms with Crippen LogP contribution in [0.15, 0.2) is 42.7 Å². The second-order valence-corrected chi connectivity index (χ2v) is 16.1. The smallest absolute Gasteiger partial charge is 0.127 e. The zero-order valence-corrected chi connectivity index (χ0v) is 19.9. The fraction of sp³-hybridized carbons (Fsp3) is 0.360. The minimum Gasteiger partial charge on any atom is -0.236 e. The summed E-state index contributed by atoms with van der Waals surface area (Å²) >= 11 is 1.94. The van der Waals surface area contributed by atoms with Crippen molar-refractivity contribution in [1.82, 2.24) is 9.97 Å². The summed E-state index contributed by atoms with van der Waals surface area (Å²) < 4.78 is 1.62. The van der Waals surface area contributed by atoms with Crippen molar-refractivity contribution in [2.75, 3.05) is 0 Å². The van der Waals surface area contributed by atoms with Crippen molar-refractivity contribution in [1.29, 1.82) is 0 Å². The highest BCUT2D eigenvalue weighted by Crippen LogP contribution is 2.50. The van der Waals surface area contributed by atoms with Crippen LogP contribution in [-0.4, -0.2) is 18.0 Å². The molecule has 148 valence electrons. The van der Waals surface area contributed by atoms with Gasteiger partial charge in [0.05, 0.1) is 13.8 Å². The molecule has 0 N–H and O–H groups in total. The first-order chi connectivity index (χ1) is 13.7. The Labute approximate surface area is 178 Å². The Morgan fingerprint density at radius 3 is 2.41 bits per heavy atom. The molecule has 0 spiro atoms.